The maximum Gasteiger partial charge on any atom is 0.232 e. The zero-order chi connectivity index (χ0) is 20.6. The van der Waals surface area contributed by atoms with Crippen LogP contribution in [-0.2, 0) is 13.0 Å². The van der Waals surface area contributed by atoms with Gasteiger partial charge in [-0.3, -0.25) is 4.79 Å². The van der Waals surface area contributed by atoms with E-state index in [1.54, 1.807) is 6.20 Å². The molecule has 3 aromatic rings. The SMILES string of the molecule is CC(C)COc1cnc(C(=O)Cc2cccc(CNc3cccnc3N)c2)cn1. The second kappa shape index (κ2) is 9.64. The first-order valence-electron chi connectivity index (χ1n) is 9.51. The molecule has 7 heteroatoms. The van der Waals surface area contributed by atoms with Crippen LogP contribution in [0, 0.1) is 5.92 Å². The normalized spacial score (nSPS) is 10.7. The lowest BCUT2D eigenvalue weighted by atomic mass is 10.0. The highest BCUT2D eigenvalue weighted by Gasteiger charge is 2.11. The molecule has 0 saturated heterocycles. The second-order valence-electron chi connectivity index (χ2n) is 7.15. The van der Waals surface area contributed by atoms with E-state index in [1.165, 1.54) is 12.4 Å². The summed E-state index contributed by atoms with van der Waals surface area (Å²) in [4.78, 5) is 25.0. The first-order valence-corrected chi connectivity index (χ1v) is 9.51. The van der Waals surface area contributed by atoms with Gasteiger partial charge in [0.05, 0.1) is 24.7 Å². The average Bonchev–Trinajstić information content (AvgIpc) is 2.72. The summed E-state index contributed by atoms with van der Waals surface area (Å²) in [5, 5.41) is 3.26. The third-order valence-electron chi connectivity index (χ3n) is 4.16. The van der Waals surface area contributed by atoms with Crippen LogP contribution in [-0.4, -0.2) is 27.3 Å². The molecule has 0 bridgehead atoms. The number of pyridine rings is 1. The third-order valence-corrected chi connectivity index (χ3v) is 4.16. The van der Waals surface area contributed by atoms with Gasteiger partial charge in [-0.1, -0.05) is 38.1 Å². The molecule has 0 radical (unpaired) electrons. The number of rotatable bonds is 9. The fraction of sp³-hybridized carbons (Fsp3) is 0.273. The maximum atomic E-state index is 12.5. The van der Waals surface area contributed by atoms with Crippen molar-refractivity contribution in [3.63, 3.8) is 0 Å². The van der Waals surface area contributed by atoms with E-state index in [9.17, 15) is 4.79 Å². The standard InChI is InChI=1S/C22H25N5O2/c1-15(2)14-29-21-13-26-19(12-27-21)20(28)10-16-5-3-6-17(9-16)11-25-18-7-4-8-24-22(18)23/h3-9,12-13,15,25H,10-11,14H2,1-2H3,(H2,23,24). The van der Waals surface area contributed by atoms with E-state index in [1.807, 2.05) is 36.4 Å². The van der Waals surface area contributed by atoms with Gasteiger partial charge in [0.15, 0.2) is 5.78 Å². The van der Waals surface area contributed by atoms with Crippen molar-refractivity contribution in [1.29, 1.82) is 0 Å². The van der Waals surface area contributed by atoms with E-state index in [2.05, 4.69) is 34.1 Å². The van der Waals surface area contributed by atoms with Crippen molar-refractivity contribution >= 4 is 17.3 Å². The van der Waals surface area contributed by atoms with E-state index in [4.69, 9.17) is 10.5 Å². The molecule has 0 spiro atoms. The molecule has 0 saturated carbocycles. The molecule has 0 amide bonds. The first-order chi connectivity index (χ1) is 14.0. The monoisotopic (exact) mass is 391 g/mol. The van der Waals surface area contributed by atoms with Gasteiger partial charge in [-0.2, -0.15) is 0 Å². The van der Waals surface area contributed by atoms with Crippen molar-refractivity contribution in [2.45, 2.75) is 26.8 Å². The Morgan fingerprint density at radius 2 is 1.93 bits per heavy atom. The van der Waals surface area contributed by atoms with Gasteiger partial charge in [0.2, 0.25) is 5.88 Å². The van der Waals surface area contributed by atoms with Crippen LogP contribution >= 0.6 is 0 Å². The summed E-state index contributed by atoms with van der Waals surface area (Å²) in [7, 11) is 0. The van der Waals surface area contributed by atoms with Crippen LogP contribution < -0.4 is 15.8 Å². The van der Waals surface area contributed by atoms with E-state index >= 15 is 0 Å². The predicted molar refractivity (Wildman–Crippen MR) is 113 cm³/mol. The highest BCUT2D eigenvalue weighted by molar-refractivity contribution is 5.95. The molecule has 7 nitrogen and oxygen atoms in total. The lowest BCUT2D eigenvalue weighted by molar-refractivity contribution is 0.0987. The maximum absolute atomic E-state index is 12.5. The number of hydrogen-bond donors (Lipinski definition) is 2. The highest BCUT2D eigenvalue weighted by Crippen LogP contribution is 2.16. The summed E-state index contributed by atoms with van der Waals surface area (Å²) in [6.07, 6.45) is 4.87. The first kappa shape index (κ1) is 20.3. The number of aromatic nitrogens is 3. The van der Waals surface area contributed by atoms with Gasteiger partial charge in [0.25, 0.3) is 0 Å². The number of ketones is 1. The second-order valence-corrected chi connectivity index (χ2v) is 7.15. The molecule has 1 aromatic carbocycles. The molecule has 0 atom stereocenters. The summed E-state index contributed by atoms with van der Waals surface area (Å²) >= 11 is 0. The molecule has 0 unspecified atom stereocenters. The van der Waals surface area contributed by atoms with Crippen LogP contribution in [0.1, 0.15) is 35.5 Å². The van der Waals surface area contributed by atoms with Crippen molar-refractivity contribution in [3.05, 3.63) is 71.8 Å². The Morgan fingerprint density at radius 3 is 2.66 bits per heavy atom. The van der Waals surface area contributed by atoms with Crippen LogP contribution in [0.25, 0.3) is 0 Å². The summed E-state index contributed by atoms with van der Waals surface area (Å²) < 4.78 is 5.50. The van der Waals surface area contributed by atoms with Crippen LogP contribution in [0.3, 0.4) is 0 Å². The Bertz CT molecular complexity index is 957. The van der Waals surface area contributed by atoms with Gasteiger partial charge < -0.3 is 15.8 Å². The number of nitrogen functional groups attached to an aromatic ring is 1. The topological polar surface area (TPSA) is 103 Å². The summed E-state index contributed by atoms with van der Waals surface area (Å²) in [5.41, 5.74) is 8.91. The number of carbonyl (C=O) groups is 1. The summed E-state index contributed by atoms with van der Waals surface area (Å²) in [6, 6.07) is 11.5. The minimum absolute atomic E-state index is 0.0884. The molecule has 0 aliphatic rings. The molecule has 0 aliphatic carbocycles. The lowest BCUT2D eigenvalue weighted by Crippen LogP contribution is -2.10. The number of ether oxygens (including phenoxy) is 1. The quantitative estimate of drug-likeness (QED) is 0.538. The van der Waals surface area contributed by atoms with Gasteiger partial charge in [-0.25, -0.2) is 15.0 Å². The van der Waals surface area contributed by atoms with E-state index in [-0.39, 0.29) is 12.2 Å². The van der Waals surface area contributed by atoms with Gasteiger partial charge in [-0.05, 0) is 29.2 Å². The Hall–Kier alpha value is -3.48. The number of nitrogens with one attached hydrogen (secondary N) is 1. The number of Topliss-reactive ketones (excluding diaryl/α,β-unsaturated/α-hetero) is 1. The smallest absolute Gasteiger partial charge is 0.232 e. The number of hydrogen-bond acceptors (Lipinski definition) is 7. The minimum atomic E-state index is -0.0884. The third kappa shape index (κ3) is 6.00. The largest absolute Gasteiger partial charge is 0.476 e. The number of anilines is 2. The average molecular weight is 391 g/mol. The van der Waals surface area contributed by atoms with E-state index < -0.39 is 0 Å². The molecule has 2 heterocycles. The molecular formula is C22H25N5O2. The van der Waals surface area contributed by atoms with Gasteiger partial charge >= 0.3 is 0 Å². The van der Waals surface area contributed by atoms with Crippen molar-refractivity contribution in [3.8, 4) is 5.88 Å². The van der Waals surface area contributed by atoms with E-state index in [0.717, 1.165) is 16.8 Å². The molecular weight excluding hydrogens is 366 g/mol. The Morgan fingerprint density at radius 1 is 1.10 bits per heavy atom. The molecule has 3 rings (SSSR count). The van der Waals surface area contributed by atoms with Crippen molar-refractivity contribution in [1.82, 2.24) is 15.0 Å². The fourth-order valence-electron chi connectivity index (χ4n) is 2.68. The van der Waals surface area contributed by atoms with Crippen molar-refractivity contribution < 1.29 is 9.53 Å². The zero-order valence-corrected chi connectivity index (χ0v) is 16.6. The van der Waals surface area contributed by atoms with E-state index in [0.29, 0.717) is 36.5 Å². The fourth-order valence-corrected chi connectivity index (χ4v) is 2.68. The number of carbonyl (C=O) groups excluding carboxylic acids is 1. The van der Waals surface area contributed by atoms with Crippen LogP contribution in [0.15, 0.2) is 55.0 Å². The molecule has 3 N–H and O–H groups in total. The van der Waals surface area contributed by atoms with Crippen molar-refractivity contribution in [2.24, 2.45) is 5.92 Å². The number of nitrogens with zero attached hydrogens (tertiary/aromatic N) is 3. The van der Waals surface area contributed by atoms with Gasteiger partial charge in [0, 0.05) is 19.2 Å². The van der Waals surface area contributed by atoms with Crippen molar-refractivity contribution in [2.75, 3.05) is 17.7 Å². The zero-order valence-electron chi connectivity index (χ0n) is 16.6. The summed E-state index contributed by atoms with van der Waals surface area (Å²) in [5.74, 6) is 1.19. The number of benzene rings is 1. The molecule has 2 aromatic heterocycles. The molecule has 0 aliphatic heterocycles. The molecule has 150 valence electrons. The van der Waals surface area contributed by atoms with Gasteiger partial charge in [-0.15, -0.1) is 0 Å². The number of nitrogens with two attached hydrogens (primary N) is 1. The Labute approximate surface area is 170 Å². The van der Waals surface area contributed by atoms with Gasteiger partial charge in [0.1, 0.15) is 11.5 Å². The lowest BCUT2D eigenvalue weighted by Gasteiger charge is -2.10. The van der Waals surface area contributed by atoms with Crippen LogP contribution in [0.2, 0.25) is 0 Å². The summed E-state index contributed by atoms with van der Waals surface area (Å²) in [6.45, 7) is 5.26. The Balaban J connectivity index is 1.59. The minimum Gasteiger partial charge on any atom is -0.476 e. The molecule has 0 fully saturated rings. The predicted octanol–water partition coefficient (Wildman–Crippen LogP) is 3.53. The highest BCUT2D eigenvalue weighted by atomic mass is 16.5. The molecule has 29 heavy (non-hydrogen) atoms. The van der Waals surface area contributed by atoms with Crippen LogP contribution in [0.5, 0.6) is 5.88 Å². The van der Waals surface area contributed by atoms with Crippen LogP contribution in [0.4, 0.5) is 11.5 Å². The Kier molecular flexibility index (Phi) is 6.73.